The molecule has 29 heavy (non-hydrogen) atoms. The van der Waals surface area contributed by atoms with Gasteiger partial charge in [0.15, 0.2) is 0 Å². The molecule has 8 heteroatoms. The van der Waals surface area contributed by atoms with E-state index in [0.29, 0.717) is 18.3 Å². The molecule has 0 aromatic heterocycles. The van der Waals surface area contributed by atoms with Crippen molar-refractivity contribution in [1.82, 2.24) is 4.90 Å². The number of ether oxygens (including phenoxy) is 1. The predicted molar refractivity (Wildman–Crippen MR) is 104 cm³/mol. The Kier molecular flexibility index (Phi) is 7.06. The van der Waals surface area contributed by atoms with Crippen molar-refractivity contribution in [2.45, 2.75) is 51.7 Å². The monoisotopic (exact) mass is 404 g/mol. The second-order valence-electron chi connectivity index (χ2n) is 8.03. The van der Waals surface area contributed by atoms with Gasteiger partial charge in [0, 0.05) is 19.5 Å². The summed E-state index contributed by atoms with van der Waals surface area (Å²) in [5.74, 6) is -0.292. The van der Waals surface area contributed by atoms with E-state index in [9.17, 15) is 19.7 Å². The van der Waals surface area contributed by atoms with E-state index in [1.807, 2.05) is 35.2 Å². The van der Waals surface area contributed by atoms with E-state index in [-0.39, 0.29) is 12.3 Å². The van der Waals surface area contributed by atoms with Gasteiger partial charge in [-0.1, -0.05) is 43.2 Å². The molecule has 0 N–H and O–H groups in total. The molecule has 158 valence electrons. The Bertz CT molecular complexity index is 711. The SMILES string of the molecule is CC(OC(=O)[C@H](CC(=O)N1C[C@H]2CCCC[C@H]2C1)Cc1ccccc1)O[N+](=O)[O-]. The maximum absolute atomic E-state index is 12.9. The van der Waals surface area contributed by atoms with Crippen LogP contribution >= 0.6 is 0 Å². The van der Waals surface area contributed by atoms with Crippen LogP contribution in [0, 0.1) is 27.9 Å². The number of amides is 1. The van der Waals surface area contributed by atoms with Gasteiger partial charge in [-0.25, -0.2) is 0 Å². The van der Waals surface area contributed by atoms with Crippen molar-refractivity contribution in [3.05, 3.63) is 46.0 Å². The summed E-state index contributed by atoms with van der Waals surface area (Å²) in [5.41, 5.74) is 0.903. The lowest BCUT2D eigenvalue weighted by Crippen LogP contribution is -2.34. The standard InChI is InChI=1S/C21H28N2O6/c1-15(29-23(26)27)28-21(25)19(11-16-7-3-2-4-8-16)12-20(24)22-13-17-9-5-6-10-18(17)14-22/h2-4,7-8,15,17-19H,5-6,9-14H2,1H3/t15?,17-,18+,19-/m0/s1. The number of hydrogen-bond acceptors (Lipinski definition) is 6. The molecule has 2 fully saturated rings. The number of benzene rings is 1. The van der Waals surface area contributed by atoms with Crippen molar-refractivity contribution < 1.29 is 24.3 Å². The summed E-state index contributed by atoms with van der Waals surface area (Å²) in [5, 5.41) is 9.46. The minimum atomic E-state index is -1.32. The lowest BCUT2D eigenvalue weighted by atomic mass is 9.82. The number of hydrogen-bond donors (Lipinski definition) is 0. The highest BCUT2D eigenvalue weighted by molar-refractivity contribution is 5.83. The highest BCUT2D eigenvalue weighted by atomic mass is 17.0. The van der Waals surface area contributed by atoms with Crippen LogP contribution in [0.1, 0.15) is 44.6 Å². The van der Waals surface area contributed by atoms with Gasteiger partial charge in [0.25, 0.3) is 5.09 Å². The Balaban J connectivity index is 1.64. The Labute approximate surface area is 170 Å². The molecule has 2 aliphatic rings. The number of esters is 1. The molecule has 3 rings (SSSR count). The second-order valence-corrected chi connectivity index (χ2v) is 8.03. The first-order chi connectivity index (χ1) is 13.9. The largest absolute Gasteiger partial charge is 0.435 e. The quantitative estimate of drug-likeness (QED) is 0.286. The molecule has 4 atom stereocenters. The average molecular weight is 404 g/mol. The zero-order valence-electron chi connectivity index (χ0n) is 16.7. The van der Waals surface area contributed by atoms with E-state index in [1.165, 1.54) is 32.6 Å². The first-order valence-corrected chi connectivity index (χ1v) is 10.3. The normalized spacial score (nSPS) is 23.0. The molecule has 0 radical (unpaired) electrons. The molecule has 1 aliphatic carbocycles. The second kappa shape index (κ2) is 9.71. The molecule has 0 spiro atoms. The van der Waals surface area contributed by atoms with E-state index in [4.69, 9.17) is 4.74 Å². The zero-order chi connectivity index (χ0) is 20.8. The van der Waals surface area contributed by atoms with Crippen LogP contribution in [0.25, 0.3) is 0 Å². The molecule has 8 nitrogen and oxygen atoms in total. The number of rotatable bonds is 8. The summed E-state index contributed by atoms with van der Waals surface area (Å²) in [6, 6.07) is 9.37. The van der Waals surface area contributed by atoms with E-state index < -0.39 is 23.3 Å². The fourth-order valence-electron chi connectivity index (χ4n) is 4.49. The van der Waals surface area contributed by atoms with Crippen molar-refractivity contribution >= 4 is 11.9 Å². The Hall–Kier alpha value is -2.64. The van der Waals surface area contributed by atoms with Gasteiger partial charge >= 0.3 is 5.97 Å². The maximum Gasteiger partial charge on any atom is 0.311 e. The lowest BCUT2D eigenvalue weighted by molar-refractivity contribution is -0.777. The van der Waals surface area contributed by atoms with Crippen molar-refractivity contribution in [3.63, 3.8) is 0 Å². The fraction of sp³-hybridized carbons (Fsp3) is 0.619. The van der Waals surface area contributed by atoms with Gasteiger partial charge in [-0.05, 0) is 43.6 Å². The summed E-state index contributed by atoms with van der Waals surface area (Å²) in [4.78, 5) is 42.2. The van der Waals surface area contributed by atoms with E-state index in [1.54, 1.807) is 0 Å². The predicted octanol–water partition coefficient (Wildman–Crippen LogP) is 2.98. The molecule has 1 aliphatic heterocycles. The van der Waals surface area contributed by atoms with E-state index in [0.717, 1.165) is 18.7 Å². The average Bonchev–Trinajstić information content (AvgIpc) is 3.12. The lowest BCUT2D eigenvalue weighted by Gasteiger charge is -2.22. The molecular weight excluding hydrogens is 376 g/mol. The van der Waals surface area contributed by atoms with E-state index in [2.05, 4.69) is 4.84 Å². The molecular formula is C21H28N2O6. The number of likely N-dealkylation sites (tertiary alicyclic amines) is 1. The topological polar surface area (TPSA) is 99.0 Å². The van der Waals surface area contributed by atoms with Crippen molar-refractivity contribution in [1.29, 1.82) is 0 Å². The number of carbonyl (C=O) groups excluding carboxylic acids is 2. The maximum atomic E-state index is 12.9. The van der Waals surface area contributed by atoms with Gasteiger partial charge in [-0.2, -0.15) is 0 Å². The molecule has 1 unspecified atom stereocenters. The van der Waals surface area contributed by atoms with Crippen LogP contribution in [0.5, 0.6) is 0 Å². The van der Waals surface area contributed by atoms with Crippen LogP contribution in [0.2, 0.25) is 0 Å². The third kappa shape index (κ3) is 5.92. The van der Waals surface area contributed by atoms with E-state index >= 15 is 0 Å². The van der Waals surface area contributed by atoms with Gasteiger partial charge < -0.3 is 9.64 Å². The van der Waals surface area contributed by atoms with Crippen LogP contribution in [-0.2, 0) is 25.6 Å². The van der Waals surface area contributed by atoms with Crippen LogP contribution in [-0.4, -0.2) is 41.2 Å². The van der Waals surface area contributed by atoms with Crippen LogP contribution < -0.4 is 0 Å². The van der Waals surface area contributed by atoms with Gasteiger partial charge in [0.05, 0.1) is 5.92 Å². The fourth-order valence-corrected chi connectivity index (χ4v) is 4.49. The van der Waals surface area contributed by atoms with Crippen molar-refractivity contribution in [3.8, 4) is 0 Å². The molecule has 0 bridgehead atoms. The molecule has 1 amide bonds. The summed E-state index contributed by atoms with van der Waals surface area (Å²) in [6.07, 6.45) is 3.82. The summed E-state index contributed by atoms with van der Waals surface area (Å²) in [6.45, 7) is 2.81. The van der Waals surface area contributed by atoms with Gasteiger partial charge in [-0.15, -0.1) is 10.1 Å². The third-order valence-corrected chi connectivity index (χ3v) is 5.92. The molecule has 1 aromatic rings. The number of nitrogens with zero attached hydrogens (tertiary/aromatic N) is 2. The first-order valence-electron chi connectivity index (χ1n) is 10.3. The summed E-state index contributed by atoms with van der Waals surface area (Å²) >= 11 is 0. The summed E-state index contributed by atoms with van der Waals surface area (Å²) in [7, 11) is 0. The van der Waals surface area contributed by atoms with Crippen molar-refractivity contribution in [2.75, 3.05) is 13.1 Å². The number of fused-ring (bicyclic) bond motifs is 1. The van der Waals surface area contributed by atoms with Crippen LogP contribution in [0.15, 0.2) is 30.3 Å². The van der Waals surface area contributed by atoms with Gasteiger partial charge in [0.1, 0.15) is 0 Å². The Morgan fingerprint density at radius 2 is 1.79 bits per heavy atom. The van der Waals surface area contributed by atoms with Crippen LogP contribution in [0.4, 0.5) is 0 Å². The van der Waals surface area contributed by atoms with Crippen molar-refractivity contribution in [2.24, 2.45) is 17.8 Å². The Morgan fingerprint density at radius 1 is 1.17 bits per heavy atom. The number of carbonyl (C=O) groups is 2. The zero-order valence-corrected chi connectivity index (χ0v) is 16.7. The highest BCUT2D eigenvalue weighted by Crippen LogP contribution is 2.36. The minimum absolute atomic E-state index is 0.0261. The van der Waals surface area contributed by atoms with Gasteiger partial charge in [-0.3, -0.25) is 14.4 Å². The minimum Gasteiger partial charge on any atom is -0.435 e. The smallest absolute Gasteiger partial charge is 0.311 e. The highest BCUT2D eigenvalue weighted by Gasteiger charge is 2.37. The molecule has 1 heterocycles. The summed E-state index contributed by atoms with van der Waals surface area (Å²) < 4.78 is 5.08. The molecule has 1 aromatic carbocycles. The van der Waals surface area contributed by atoms with Gasteiger partial charge in [0.2, 0.25) is 12.2 Å². The Morgan fingerprint density at radius 3 is 2.38 bits per heavy atom. The third-order valence-electron chi connectivity index (χ3n) is 5.92. The molecule has 1 saturated carbocycles. The van der Waals surface area contributed by atoms with Crippen LogP contribution in [0.3, 0.4) is 0 Å². The molecule has 1 saturated heterocycles. The first kappa shape index (κ1) is 21.1.